The molecule has 4 nitrogen and oxygen atoms in total. The fourth-order valence-electron chi connectivity index (χ4n) is 1.35. The number of carbonyl (C=O) groups is 1. The molecule has 5 heteroatoms. The van der Waals surface area contributed by atoms with Gasteiger partial charge in [0.2, 0.25) is 0 Å². The Bertz CT molecular complexity index is 554. The van der Waals surface area contributed by atoms with Gasteiger partial charge in [0.15, 0.2) is 0 Å². The fraction of sp³-hybridized carbons (Fsp3) is 0. The van der Waals surface area contributed by atoms with Crippen molar-refractivity contribution in [3.8, 4) is 5.75 Å². The van der Waals surface area contributed by atoms with Crippen LogP contribution < -0.4 is 5.73 Å². The minimum atomic E-state index is -0.700. The second-order valence-electron chi connectivity index (χ2n) is 3.04. The number of nitrogens with zero attached hydrogens (tertiary/aromatic N) is 1. The lowest BCUT2D eigenvalue weighted by Crippen LogP contribution is -2.11. The van der Waals surface area contributed by atoms with Gasteiger partial charge in [-0.3, -0.25) is 9.78 Å². The third kappa shape index (κ3) is 1.59. The van der Waals surface area contributed by atoms with Gasteiger partial charge in [0.1, 0.15) is 5.75 Å². The van der Waals surface area contributed by atoms with Gasteiger partial charge in [-0.05, 0) is 12.1 Å². The number of hydrogen-bond acceptors (Lipinski definition) is 3. The smallest absolute Gasteiger partial charge is 0.252 e. The van der Waals surface area contributed by atoms with Crippen LogP contribution >= 0.6 is 11.6 Å². The van der Waals surface area contributed by atoms with E-state index in [1.54, 1.807) is 6.07 Å². The summed E-state index contributed by atoms with van der Waals surface area (Å²) < 4.78 is 0. The molecule has 0 unspecified atom stereocenters. The molecule has 1 heterocycles. The highest BCUT2D eigenvalue weighted by Gasteiger charge is 2.10. The Morgan fingerprint density at radius 1 is 1.47 bits per heavy atom. The summed E-state index contributed by atoms with van der Waals surface area (Å²) in [7, 11) is 0. The Balaban J connectivity index is 2.83. The molecule has 2 aromatic rings. The molecule has 1 amide bonds. The summed E-state index contributed by atoms with van der Waals surface area (Å²) in [5.41, 5.74) is 5.65. The van der Waals surface area contributed by atoms with Crippen LogP contribution in [0.5, 0.6) is 5.75 Å². The van der Waals surface area contributed by atoms with E-state index >= 15 is 0 Å². The standard InChI is InChI=1S/C10H7ClN2O2/c11-7-1-2-13-8-4-9(14)6(10(12)15)3-5(7)8/h1-4,14H,(H2,12,15). The number of hydrogen-bond donors (Lipinski definition) is 2. The molecule has 0 bridgehead atoms. The number of fused-ring (bicyclic) bond motifs is 1. The monoisotopic (exact) mass is 222 g/mol. The van der Waals surface area contributed by atoms with E-state index in [2.05, 4.69) is 4.98 Å². The molecule has 0 radical (unpaired) electrons. The Morgan fingerprint density at radius 2 is 2.20 bits per heavy atom. The lowest BCUT2D eigenvalue weighted by molar-refractivity contribution is 0.0998. The van der Waals surface area contributed by atoms with E-state index < -0.39 is 5.91 Å². The average Bonchev–Trinajstić information content (AvgIpc) is 2.16. The van der Waals surface area contributed by atoms with Crippen molar-refractivity contribution in [2.45, 2.75) is 0 Å². The second-order valence-corrected chi connectivity index (χ2v) is 3.45. The van der Waals surface area contributed by atoms with E-state index in [4.69, 9.17) is 17.3 Å². The van der Waals surface area contributed by atoms with Crippen molar-refractivity contribution >= 4 is 28.4 Å². The Morgan fingerprint density at radius 3 is 2.87 bits per heavy atom. The molecule has 0 aliphatic carbocycles. The van der Waals surface area contributed by atoms with E-state index in [1.807, 2.05) is 0 Å². The van der Waals surface area contributed by atoms with Crippen LogP contribution in [0.3, 0.4) is 0 Å². The third-order valence-corrected chi connectivity index (χ3v) is 2.40. The number of aromatic nitrogens is 1. The number of phenols is 1. The van der Waals surface area contributed by atoms with Crippen molar-refractivity contribution in [3.63, 3.8) is 0 Å². The number of halogens is 1. The minimum Gasteiger partial charge on any atom is -0.507 e. The SMILES string of the molecule is NC(=O)c1cc2c(Cl)ccnc2cc1O. The van der Waals surface area contributed by atoms with Crippen LogP contribution in [0.2, 0.25) is 5.02 Å². The highest BCUT2D eigenvalue weighted by Crippen LogP contribution is 2.27. The predicted molar refractivity (Wildman–Crippen MR) is 56.9 cm³/mol. The number of nitrogens with two attached hydrogens (primary N) is 1. The van der Waals surface area contributed by atoms with Crippen molar-refractivity contribution in [2.75, 3.05) is 0 Å². The first-order chi connectivity index (χ1) is 7.09. The Hall–Kier alpha value is -1.81. The molecule has 0 saturated carbocycles. The molecule has 1 aromatic heterocycles. The van der Waals surface area contributed by atoms with Gasteiger partial charge in [0.25, 0.3) is 5.91 Å². The zero-order valence-electron chi connectivity index (χ0n) is 7.57. The van der Waals surface area contributed by atoms with Gasteiger partial charge in [-0.15, -0.1) is 0 Å². The van der Waals surface area contributed by atoms with Crippen molar-refractivity contribution in [3.05, 3.63) is 35.0 Å². The summed E-state index contributed by atoms with van der Waals surface area (Å²) in [4.78, 5) is 15.0. The minimum absolute atomic E-state index is 0.0393. The molecule has 76 valence electrons. The zero-order valence-corrected chi connectivity index (χ0v) is 8.32. The summed E-state index contributed by atoms with van der Waals surface area (Å²) >= 11 is 5.91. The maximum Gasteiger partial charge on any atom is 0.252 e. The average molecular weight is 223 g/mol. The van der Waals surface area contributed by atoms with Crippen LogP contribution in [-0.2, 0) is 0 Å². The van der Waals surface area contributed by atoms with Crippen LogP contribution in [0, 0.1) is 0 Å². The Labute approximate surface area is 90.3 Å². The van der Waals surface area contributed by atoms with Crippen LogP contribution in [0.15, 0.2) is 24.4 Å². The maximum atomic E-state index is 11.0. The molecular weight excluding hydrogens is 216 g/mol. The predicted octanol–water partition coefficient (Wildman–Crippen LogP) is 1.69. The number of pyridine rings is 1. The summed E-state index contributed by atoms with van der Waals surface area (Å²) in [6.45, 7) is 0. The zero-order chi connectivity index (χ0) is 11.0. The van der Waals surface area contributed by atoms with E-state index in [9.17, 15) is 9.90 Å². The molecule has 0 fully saturated rings. The summed E-state index contributed by atoms with van der Waals surface area (Å²) in [5.74, 6) is -0.890. The summed E-state index contributed by atoms with van der Waals surface area (Å²) in [6.07, 6.45) is 1.52. The van der Waals surface area contributed by atoms with Gasteiger partial charge in [-0.1, -0.05) is 11.6 Å². The Kier molecular flexibility index (Phi) is 2.21. The van der Waals surface area contributed by atoms with Crippen LogP contribution in [0.4, 0.5) is 0 Å². The largest absolute Gasteiger partial charge is 0.507 e. The highest BCUT2D eigenvalue weighted by atomic mass is 35.5. The van der Waals surface area contributed by atoms with E-state index in [1.165, 1.54) is 18.3 Å². The number of aromatic hydroxyl groups is 1. The van der Waals surface area contributed by atoms with Gasteiger partial charge in [0, 0.05) is 17.6 Å². The lowest BCUT2D eigenvalue weighted by atomic mass is 10.1. The van der Waals surface area contributed by atoms with Crippen LogP contribution in [0.25, 0.3) is 10.9 Å². The first-order valence-electron chi connectivity index (χ1n) is 4.16. The summed E-state index contributed by atoms with van der Waals surface area (Å²) in [5, 5.41) is 10.5. The van der Waals surface area contributed by atoms with Gasteiger partial charge >= 0.3 is 0 Å². The third-order valence-electron chi connectivity index (χ3n) is 2.07. The van der Waals surface area contributed by atoms with Gasteiger partial charge in [0.05, 0.1) is 16.1 Å². The molecule has 2 rings (SSSR count). The number of benzene rings is 1. The molecule has 0 spiro atoms. The fourth-order valence-corrected chi connectivity index (χ4v) is 1.55. The first-order valence-corrected chi connectivity index (χ1v) is 4.54. The van der Waals surface area contributed by atoms with Gasteiger partial charge in [-0.25, -0.2) is 0 Å². The van der Waals surface area contributed by atoms with Crippen LogP contribution in [0.1, 0.15) is 10.4 Å². The van der Waals surface area contributed by atoms with Crippen molar-refractivity contribution < 1.29 is 9.90 Å². The molecule has 0 atom stereocenters. The molecule has 15 heavy (non-hydrogen) atoms. The van der Waals surface area contributed by atoms with E-state index in [-0.39, 0.29) is 11.3 Å². The lowest BCUT2D eigenvalue weighted by Gasteiger charge is -2.04. The molecule has 1 aromatic carbocycles. The van der Waals surface area contributed by atoms with Crippen molar-refractivity contribution in [1.29, 1.82) is 0 Å². The number of primary amides is 1. The van der Waals surface area contributed by atoms with Crippen molar-refractivity contribution in [2.24, 2.45) is 5.73 Å². The van der Waals surface area contributed by atoms with Crippen LogP contribution in [-0.4, -0.2) is 16.0 Å². The van der Waals surface area contributed by atoms with E-state index in [0.717, 1.165) is 0 Å². The molecular formula is C10H7ClN2O2. The summed E-state index contributed by atoms with van der Waals surface area (Å²) in [6, 6.07) is 4.40. The van der Waals surface area contributed by atoms with Gasteiger partial charge < -0.3 is 10.8 Å². The normalized spacial score (nSPS) is 10.5. The first kappa shape index (κ1) is 9.73. The quantitative estimate of drug-likeness (QED) is 0.771. The molecule has 0 aliphatic heterocycles. The number of amides is 1. The number of carbonyl (C=O) groups excluding carboxylic acids is 1. The highest BCUT2D eigenvalue weighted by molar-refractivity contribution is 6.35. The second kappa shape index (κ2) is 3.40. The topological polar surface area (TPSA) is 76.2 Å². The van der Waals surface area contributed by atoms with E-state index in [0.29, 0.717) is 15.9 Å². The number of rotatable bonds is 1. The molecule has 0 aliphatic rings. The van der Waals surface area contributed by atoms with Gasteiger partial charge in [-0.2, -0.15) is 0 Å². The van der Waals surface area contributed by atoms with Crippen molar-refractivity contribution in [1.82, 2.24) is 4.98 Å². The molecule has 3 N–H and O–H groups in total. The maximum absolute atomic E-state index is 11.0. The molecule has 0 saturated heterocycles.